The number of fused-ring (bicyclic) bond motifs is 1. The summed E-state index contributed by atoms with van der Waals surface area (Å²) in [7, 11) is 2.14. The average Bonchev–Trinajstić information content (AvgIpc) is 2.93. The van der Waals surface area contributed by atoms with Crippen molar-refractivity contribution in [1.29, 1.82) is 0 Å². The third-order valence-corrected chi connectivity index (χ3v) is 5.25. The molecule has 128 valence electrons. The first kappa shape index (κ1) is 16.6. The molecule has 1 saturated carbocycles. The molecule has 7 heteroatoms. The Bertz CT molecular complexity index is 338. The van der Waals surface area contributed by atoms with Crippen LogP contribution in [0.1, 0.15) is 32.1 Å². The van der Waals surface area contributed by atoms with Gasteiger partial charge < -0.3 is 10.4 Å². The molecule has 3 aliphatic rings. The molecule has 7 nitrogen and oxygen atoms in total. The minimum absolute atomic E-state index is 0.0274. The lowest BCUT2D eigenvalue weighted by molar-refractivity contribution is 0.107. The molecule has 0 amide bonds. The maximum Gasteiger partial charge on any atom is 0.114 e. The summed E-state index contributed by atoms with van der Waals surface area (Å²) < 4.78 is 0. The van der Waals surface area contributed by atoms with Gasteiger partial charge in [-0.1, -0.05) is 19.3 Å². The molecule has 3 fully saturated rings. The van der Waals surface area contributed by atoms with Crippen molar-refractivity contribution < 1.29 is 5.11 Å². The Balaban J connectivity index is 1.54. The lowest BCUT2D eigenvalue weighted by Crippen LogP contribution is -2.75. The molecule has 3 rings (SSSR count). The van der Waals surface area contributed by atoms with E-state index in [-0.39, 0.29) is 19.1 Å². The second kappa shape index (κ2) is 8.01. The van der Waals surface area contributed by atoms with E-state index in [1.54, 1.807) is 0 Å². The topological polar surface area (TPSA) is 83.6 Å². The van der Waals surface area contributed by atoms with E-state index in [0.29, 0.717) is 18.8 Å². The quantitative estimate of drug-likeness (QED) is 0.365. The molecule has 2 heterocycles. The SMILES string of the molecule is CN1CNC2C(NCC3CCCCC3)NC(NCCO)NC21. The van der Waals surface area contributed by atoms with Gasteiger partial charge in [0.2, 0.25) is 0 Å². The zero-order valence-corrected chi connectivity index (χ0v) is 13.6. The van der Waals surface area contributed by atoms with E-state index < -0.39 is 0 Å². The van der Waals surface area contributed by atoms with E-state index in [0.717, 1.165) is 19.1 Å². The van der Waals surface area contributed by atoms with E-state index in [4.69, 9.17) is 5.11 Å². The molecular weight excluding hydrogens is 280 g/mol. The van der Waals surface area contributed by atoms with Gasteiger partial charge in [0.15, 0.2) is 0 Å². The van der Waals surface area contributed by atoms with Crippen LogP contribution in [0.15, 0.2) is 0 Å². The number of hydrogen-bond donors (Lipinski definition) is 6. The molecular formula is C15H32N6O. The van der Waals surface area contributed by atoms with Crippen molar-refractivity contribution in [2.45, 2.75) is 56.8 Å². The van der Waals surface area contributed by atoms with Gasteiger partial charge in [0.25, 0.3) is 0 Å². The lowest BCUT2D eigenvalue weighted by atomic mass is 9.89. The van der Waals surface area contributed by atoms with Crippen LogP contribution in [-0.4, -0.2) is 68.1 Å². The Morgan fingerprint density at radius 2 is 1.95 bits per heavy atom. The maximum absolute atomic E-state index is 9.02. The van der Waals surface area contributed by atoms with Crippen LogP contribution in [0.2, 0.25) is 0 Å². The zero-order chi connectivity index (χ0) is 15.4. The predicted octanol–water partition coefficient (Wildman–Crippen LogP) is -1.27. The van der Waals surface area contributed by atoms with Gasteiger partial charge in [0.05, 0.1) is 25.0 Å². The molecule has 0 aromatic heterocycles. The number of aliphatic hydroxyl groups excluding tert-OH is 1. The number of nitrogens with zero attached hydrogens (tertiary/aromatic N) is 1. The van der Waals surface area contributed by atoms with Crippen LogP contribution < -0.4 is 26.6 Å². The Labute approximate surface area is 133 Å². The molecule has 4 atom stereocenters. The lowest BCUT2D eigenvalue weighted by Gasteiger charge is -2.43. The highest BCUT2D eigenvalue weighted by Crippen LogP contribution is 2.23. The zero-order valence-electron chi connectivity index (χ0n) is 13.6. The summed E-state index contributed by atoms with van der Waals surface area (Å²) in [6.45, 7) is 2.74. The Hall–Kier alpha value is -0.280. The van der Waals surface area contributed by atoms with E-state index in [9.17, 15) is 0 Å². The van der Waals surface area contributed by atoms with Crippen LogP contribution in [0.5, 0.6) is 0 Å². The van der Waals surface area contributed by atoms with Gasteiger partial charge in [-0.3, -0.25) is 26.2 Å². The highest BCUT2D eigenvalue weighted by molar-refractivity contribution is 4.99. The van der Waals surface area contributed by atoms with E-state index >= 15 is 0 Å². The fourth-order valence-corrected chi connectivity index (χ4v) is 3.96. The van der Waals surface area contributed by atoms with Crippen molar-refractivity contribution in [1.82, 2.24) is 31.5 Å². The molecule has 0 aromatic rings. The van der Waals surface area contributed by atoms with Crippen LogP contribution in [0.3, 0.4) is 0 Å². The van der Waals surface area contributed by atoms with Crippen molar-refractivity contribution in [3.05, 3.63) is 0 Å². The second-order valence-electron chi connectivity index (χ2n) is 6.92. The van der Waals surface area contributed by atoms with Crippen LogP contribution in [-0.2, 0) is 0 Å². The van der Waals surface area contributed by atoms with Crippen LogP contribution in [0.25, 0.3) is 0 Å². The van der Waals surface area contributed by atoms with Crippen LogP contribution in [0, 0.1) is 5.92 Å². The van der Waals surface area contributed by atoms with E-state index in [1.807, 2.05) is 0 Å². The van der Waals surface area contributed by atoms with Crippen molar-refractivity contribution in [2.75, 3.05) is 33.4 Å². The summed E-state index contributed by atoms with van der Waals surface area (Å²) in [6, 6.07) is 0.362. The van der Waals surface area contributed by atoms with Crippen LogP contribution in [0.4, 0.5) is 0 Å². The number of likely N-dealkylation sites (N-methyl/N-ethyl adjacent to an activating group) is 1. The first-order chi connectivity index (χ1) is 10.8. The van der Waals surface area contributed by atoms with Gasteiger partial charge in [0, 0.05) is 13.2 Å². The summed E-state index contributed by atoms with van der Waals surface area (Å²) in [5.74, 6) is 0.826. The molecule has 0 bridgehead atoms. The van der Waals surface area contributed by atoms with Gasteiger partial charge in [-0.15, -0.1) is 0 Å². The van der Waals surface area contributed by atoms with Gasteiger partial charge in [-0.2, -0.15) is 0 Å². The normalized spacial score (nSPS) is 37.4. The molecule has 6 N–H and O–H groups in total. The Morgan fingerprint density at radius 3 is 2.73 bits per heavy atom. The number of aliphatic hydroxyl groups is 1. The second-order valence-corrected chi connectivity index (χ2v) is 6.92. The van der Waals surface area contributed by atoms with Gasteiger partial charge in [0.1, 0.15) is 6.29 Å². The minimum Gasteiger partial charge on any atom is -0.395 e. The molecule has 0 spiro atoms. The van der Waals surface area contributed by atoms with Gasteiger partial charge in [-0.05, 0) is 32.4 Å². The van der Waals surface area contributed by atoms with Crippen molar-refractivity contribution in [2.24, 2.45) is 5.92 Å². The smallest absolute Gasteiger partial charge is 0.114 e. The average molecular weight is 312 g/mol. The fourth-order valence-electron chi connectivity index (χ4n) is 3.96. The third-order valence-electron chi connectivity index (χ3n) is 5.25. The molecule has 0 aromatic carbocycles. The predicted molar refractivity (Wildman–Crippen MR) is 86.9 cm³/mol. The monoisotopic (exact) mass is 312 g/mol. The summed E-state index contributed by atoms with van der Waals surface area (Å²) in [5.41, 5.74) is 0. The molecule has 4 unspecified atom stereocenters. The minimum atomic E-state index is 0.0274. The summed E-state index contributed by atoms with van der Waals surface area (Å²) >= 11 is 0. The summed E-state index contributed by atoms with van der Waals surface area (Å²) in [4.78, 5) is 2.30. The number of nitrogens with one attached hydrogen (secondary N) is 5. The molecule has 0 radical (unpaired) electrons. The number of rotatable bonds is 6. The molecule has 2 aliphatic heterocycles. The fraction of sp³-hybridized carbons (Fsp3) is 1.00. The maximum atomic E-state index is 9.02. The highest BCUT2D eigenvalue weighted by atomic mass is 16.3. The summed E-state index contributed by atoms with van der Waals surface area (Å²) in [6.07, 6.45) is 7.50. The van der Waals surface area contributed by atoms with E-state index in [2.05, 4.69) is 38.5 Å². The van der Waals surface area contributed by atoms with E-state index in [1.165, 1.54) is 32.1 Å². The van der Waals surface area contributed by atoms with Crippen molar-refractivity contribution >= 4 is 0 Å². The molecule has 2 saturated heterocycles. The first-order valence-electron chi connectivity index (χ1n) is 8.81. The highest BCUT2D eigenvalue weighted by Gasteiger charge is 2.42. The van der Waals surface area contributed by atoms with Gasteiger partial charge in [-0.25, -0.2) is 0 Å². The molecule has 22 heavy (non-hydrogen) atoms. The van der Waals surface area contributed by atoms with Crippen molar-refractivity contribution in [3.63, 3.8) is 0 Å². The Morgan fingerprint density at radius 1 is 1.14 bits per heavy atom. The standard InChI is InChI=1S/C15H32N6O/c1-21-10-18-12-13(17-9-11-5-3-2-4-6-11)19-15(16-7-8-22)20-14(12)21/h11-20,22H,2-10H2,1H3. The largest absolute Gasteiger partial charge is 0.395 e. The molecule has 1 aliphatic carbocycles. The Kier molecular flexibility index (Phi) is 6.03. The number of hydrogen-bond acceptors (Lipinski definition) is 7. The third kappa shape index (κ3) is 3.97. The van der Waals surface area contributed by atoms with Crippen molar-refractivity contribution in [3.8, 4) is 0 Å². The summed E-state index contributed by atoms with van der Waals surface area (Å²) in [5, 5.41) is 26.8. The van der Waals surface area contributed by atoms with Crippen LogP contribution >= 0.6 is 0 Å². The van der Waals surface area contributed by atoms with Gasteiger partial charge >= 0.3 is 0 Å². The first-order valence-corrected chi connectivity index (χ1v) is 8.81.